The third kappa shape index (κ3) is 3.27. The number of hydrogen-bond acceptors (Lipinski definition) is 3. The van der Waals surface area contributed by atoms with Crippen molar-refractivity contribution in [3.8, 4) is 0 Å². The minimum absolute atomic E-state index is 0.515. The first-order valence-electron chi connectivity index (χ1n) is 6.01. The van der Waals surface area contributed by atoms with Gasteiger partial charge in [-0.1, -0.05) is 13.8 Å². The zero-order chi connectivity index (χ0) is 12.5. The van der Waals surface area contributed by atoms with Gasteiger partial charge in [0, 0.05) is 23.7 Å². The van der Waals surface area contributed by atoms with Crippen LogP contribution in [0.25, 0.3) is 10.1 Å². The van der Waals surface area contributed by atoms with Crippen LogP contribution >= 0.6 is 11.3 Å². The summed E-state index contributed by atoms with van der Waals surface area (Å²) in [5.41, 5.74) is -0.609. The molecule has 0 bridgehead atoms. The number of nitrogens with zero attached hydrogens (tertiary/aromatic N) is 1. The van der Waals surface area contributed by atoms with E-state index in [1.54, 1.807) is 11.3 Å². The molecule has 0 spiro atoms. The van der Waals surface area contributed by atoms with E-state index in [2.05, 4.69) is 24.9 Å². The Kier molecular flexibility index (Phi) is 3.50. The molecule has 0 aliphatic heterocycles. The first-order valence-corrected chi connectivity index (χ1v) is 6.83. The van der Waals surface area contributed by atoms with Crippen LogP contribution in [0, 0.1) is 5.92 Å². The van der Waals surface area contributed by atoms with Gasteiger partial charge >= 0.3 is 0 Å². The Morgan fingerprint density at radius 2 is 2.24 bits per heavy atom. The van der Waals surface area contributed by atoms with E-state index in [9.17, 15) is 5.11 Å². The van der Waals surface area contributed by atoms with Crippen LogP contribution in [0.1, 0.15) is 32.1 Å². The molecule has 0 aliphatic carbocycles. The number of fused-ring (bicyclic) bond motifs is 1. The Hall–Kier alpha value is -0.930. The van der Waals surface area contributed by atoms with Gasteiger partial charge in [-0.3, -0.25) is 4.98 Å². The molecule has 2 heterocycles. The third-order valence-electron chi connectivity index (χ3n) is 2.78. The maximum atomic E-state index is 10.4. The number of aromatic nitrogens is 1. The molecule has 0 saturated carbocycles. The molecule has 0 amide bonds. The number of hydrogen-bond donors (Lipinski definition) is 1. The van der Waals surface area contributed by atoms with Crippen LogP contribution in [0.5, 0.6) is 0 Å². The van der Waals surface area contributed by atoms with Crippen LogP contribution in [0.4, 0.5) is 0 Å². The minimum atomic E-state index is -0.609. The molecule has 0 aromatic carbocycles. The van der Waals surface area contributed by atoms with Gasteiger partial charge in [0.15, 0.2) is 0 Å². The summed E-state index contributed by atoms with van der Waals surface area (Å²) >= 11 is 1.73. The highest BCUT2D eigenvalue weighted by Gasteiger charge is 2.23. The Morgan fingerprint density at radius 1 is 1.47 bits per heavy atom. The monoisotopic (exact) mass is 249 g/mol. The molecular weight excluding hydrogens is 230 g/mol. The molecule has 2 nitrogen and oxygen atoms in total. The molecule has 2 rings (SSSR count). The maximum Gasteiger partial charge on any atom is 0.0670 e. The molecule has 1 atom stereocenters. The standard InChI is InChI=1S/C14H19NOS/c1-10(2)7-14(3,16)8-12-6-11-4-5-15-9-13(11)17-12/h4-6,9-10,16H,7-8H2,1-3H3. The van der Waals surface area contributed by atoms with E-state index >= 15 is 0 Å². The minimum Gasteiger partial charge on any atom is -0.390 e. The second kappa shape index (κ2) is 4.75. The van der Waals surface area contributed by atoms with Gasteiger partial charge in [0.05, 0.1) is 10.3 Å². The van der Waals surface area contributed by atoms with E-state index in [4.69, 9.17) is 0 Å². The van der Waals surface area contributed by atoms with Crippen LogP contribution in [0.3, 0.4) is 0 Å². The summed E-state index contributed by atoms with van der Waals surface area (Å²) in [6, 6.07) is 4.18. The molecule has 92 valence electrons. The van der Waals surface area contributed by atoms with Gasteiger partial charge < -0.3 is 5.11 Å². The molecule has 0 aliphatic rings. The molecule has 0 saturated heterocycles. The number of aliphatic hydroxyl groups is 1. The van der Waals surface area contributed by atoms with Crippen LogP contribution in [0.15, 0.2) is 24.5 Å². The Morgan fingerprint density at radius 3 is 2.88 bits per heavy atom. The second-order valence-corrected chi connectivity index (χ2v) is 6.57. The molecular formula is C14H19NOS. The third-order valence-corrected chi connectivity index (χ3v) is 3.86. The van der Waals surface area contributed by atoms with E-state index in [1.165, 1.54) is 15.0 Å². The molecule has 2 aromatic rings. The average Bonchev–Trinajstić information content (AvgIpc) is 2.55. The predicted molar refractivity (Wildman–Crippen MR) is 73.4 cm³/mol. The summed E-state index contributed by atoms with van der Waals surface area (Å²) < 4.78 is 1.20. The van der Waals surface area contributed by atoms with Gasteiger partial charge in [-0.15, -0.1) is 11.3 Å². The van der Waals surface area contributed by atoms with Crippen LogP contribution < -0.4 is 0 Å². The topological polar surface area (TPSA) is 33.1 Å². The van der Waals surface area contributed by atoms with Gasteiger partial charge in [-0.05, 0) is 36.8 Å². The van der Waals surface area contributed by atoms with Crippen molar-refractivity contribution in [2.45, 2.75) is 39.2 Å². The highest BCUT2D eigenvalue weighted by molar-refractivity contribution is 7.19. The highest BCUT2D eigenvalue weighted by Crippen LogP contribution is 2.29. The van der Waals surface area contributed by atoms with Crippen LogP contribution in [-0.4, -0.2) is 15.7 Å². The molecule has 3 heteroatoms. The fourth-order valence-corrected chi connectivity index (χ4v) is 3.56. The van der Waals surface area contributed by atoms with Gasteiger partial charge in [0.2, 0.25) is 0 Å². The normalized spacial score (nSPS) is 15.4. The van der Waals surface area contributed by atoms with Gasteiger partial charge in [-0.25, -0.2) is 0 Å². The van der Waals surface area contributed by atoms with Crippen molar-refractivity contribution in [1.82, 2.24) is 4.98 Å². The SMILES string of the molecule is CC(C)CC(C)(O)Cc1cc2ccncc2s1. The van der Waals surface area contributed by atoms with Crippen molar-refractivity contribution in [3.05, 3.63) is 29.4 Å². The summed E-state index contributed by atoms with van der Waals surface area (Å²) in [5, 5.41) is 11.6. The lowest BCUT2D eigenvalue weighted by Gasteiger charge is -2.24. The zero-order valence-electron chi connectivity index (χ0n) is 10.6. The lowest BCUT2D eigenvalue weighted by Crippen LogP contribution is -2.28. The lowest BCUT2D eigenvalue weighted by molar-refractivity contribution is 0.0396. The Balaban J connectivity index is 2.18. The van der Waals surface area contributed by atoms with E-state index in [0.717, 1.165) is 12.8 Å². The fourth-order valence-electron chi connectivity index (χ4n) is 2.35. The van der Waals surface area contributed by atoms with Crippen molar-refractivity contribution >= 4 is 21.4 Å². The zero-order valence-corrected chi connectivity index (χ0v) is 11.4. The number of pyridine rings is 1. The van der Waals surface area contributed by atoms with Crippen LogP contribution in [0.2, 0.25) is 0 Å². The van der Waals surface area contributed by atoms with Gasteiger partial charge in [-0.2, -0.15) is 0 Å². The molecule has 17 heavy (non-hydrogen) atoms. The van der Waals surface area contributed by atoms with E-state index in [1.807, 2.05) is 25.4 Å². The molecule has 1 unspecified atom stereocenters. The number of thiophene rings is 1. The summed E-state index contributed by atoms with van der Waals surface area (Å²) in [6.07, 6.45) is 5.26. The first kappa shape index (κ1) is 12.5. The maximum absolute atomic E-state index is 10.4. The summed E-state index contributed by atoms with van der Waals surface area (Å²) in [4.78, 5) is 5.35. The van der Waals surface area contributed by atoms with E-state index in [-0.39, 0.29) is 0 Å². The van der Waals surface area contributed by atoms with Crippen molar-refractivity contribution in [3.63, 3.8) is 0 Å². The van der Waals surface area contributed by atoms with E-state index < -0.39 is 5.60 Å². The summed E-state index contributed by atoms with van der Waals surface area (Å²) in [5.74, 6) is 0.515. The first-order chi connectivity index (χ1) is 7.96. The predicted octanol–water partition coefficient (Wildman–Crippen LogP) is 3.64. The summed E-state index contributed by atoms with van der Waals surface area (Å²) in [7, 11) is 0. The van der Waals surface area contributed by atoms with Gasteiger partial charge in [0.1, 0.15) is 0 Å². The van der Waals surface area contributed by atoms with Gasteiger partial charge in [0.25, 0.3) is 0 Å². The number of rotatable bonds is 4. The molecule has 1 N–H and O–H groups in total. The van der Waals surface area contributed by atoms with Crippen molar-refractivity contribution in [1.29, 1.82) is 0 Å². The quantitative estimate of drug-likeness (QED) is 0.897. The van der Waals surface area contributed by atoms with E-state index in [0.29, 0.717) is 5.92 Å². The largest absolute Gasteiger partial charge is 0.390 e. The Bertz CT molecular complexity index is 469. The lowest BCUT2D eigenvalue weighted by atomic mass is 9.91. The summed E-state index contributed by atoms with van der Waals surface area (Å²) in [6.45, 7) is 6.21. The van der Waals surface area contributed by atoms with Crippen molar-refractivity contribution in [2.24, 2.45) is 5.92 Å². The second-order valence-electron chi connectivity index (χ2n) is 5.40. The average molecular weight is 249 g/mol. The highest BCUT2D eigenvalue weighted by atomic mass is 32.1. The fraction of sp³-hybridized carbons (Fsp3) is 0.500. The van der Waals surface area contributed by atoms with Crippen molar-refractivity contribution in [2.75, 3.05) is 0 Å². The van der Waals surface area contributed by atoms with Crippen molar-refractivity contribution < 1.29 is 5.11 Å². The molecule has 2 aromatic heterocycles. The molecule has 0 radical (unpaired) electrons. The smallest absolute Gasteiger partial charge is 0.0670 e. The molecule has 0 fully saturated rings. The van der Waals surface area contributed by atoms with Crippen LogP contribution in [-0.2, 0) is 6.42 Å². The Labute approximate surface area is 106 Å².